The summed E-state index contributed by atoms with van der Waals surface area (Å²) < 4.78 is 2.48. The first kappa shape index (κ1) is 13.4. The summed E-state index contributed by atoms with van der Waals surface area (Å²) in [4.78, 5) is 4.81. The Hall–Kier alpha value is -1.23. The van der Waals surface area contributed by atoms with Crippen molar-refractivity contribution in [3.05, 3.63) is 63.6 Å². The first-order chi connectivity index (χ1) is 10.3. The molecular formula is C17H15BrN2S. The number of fused-ring (bicyclic) bond motifs is 1. The van der Waals surface area contributed by atoms with E-state index in [1.165, 1.54) is 19.7 Å². The van der Waals surface area contributed by atoms with Crippen LogP contribution in [0, 0.1) is 0 Å². The van der Waals surface area contributed by atoms with E-state index >= 15 is 0 Å². The van der Waals surface area contributed by atoms with E-state index in [1.54, 1.807) is 0 Å². The highest BCUT2D eigenvalue weighted by Gasteiger charge is 2.40. The SMILES string of the molecule is Brc1ccccc1C1(Cc2nc3ccccc3s2)CNC1. The molecule has 3 aromatic rings. The number of aromatic nitrogens is 1. The molecule has 1 saturated heterocycles. The van der Waals surface area contributed by atoms with Crippen molar-refractivity contribution in [1.82, 2.24) is 10.3 Å². The Bertz CT molecular complexity index is 759. The lowest BCUT2D eigenvalue weighted by atomic mass is 9.73. The van der Waals surface area contributed by atoms with Crippen LogP contribution in [0.1, 0.15) is 10.6 Å². The number of halogens is 1. The fourth-order valence-electron chi connectivity index (χ4n) is 3.01. The second kappa shape index (κ2) is 5.20. The van der Waals surface area contributed by atoms with Crippen LogP contribution < -0.4 is 5.32 Å². The number of hydrogen-bond donors (Lipinski definition) is 1. The standard InChI is InChI=1S/C17H15BrN2S/c18-13-6-2-1-5-12(13)17(10-19-11-17)9-16-20-14-7-3-4-8-15(14)21-16/h1-8,19H,9-11H2. The first-order valence-corrected chi connectivity index (χ1v) is 8.68. The van der Waals surface area contributed by atoms with E-state index in [0.29, 0.717) is 0 Å². The maximum atomic E-state index is 4.81. The lowest BCUT2D eigenvalue weighted by molar-refractivity contribution is 0.273. The normalized spacial score (nSPS) is 16.8. The monoisotopic (exact) mass is 358 g/mol. The van der Waals surface area contributed by atoms with Crippen molar-refractivity contribution in [2.45, 2.75) is 11.8 Å². The Morgan fingerprint density at radius 3 is 2.57 bits per heavy atom. The largest absolute Gasteiger partial charge is 0.315 e. The molecule has 0 unspecified atom stereocenters. The van der Waals surface area contributed by atoms with Crippen LogP contribution in [-0.2, 0) is 11.8 Å². The highest BCUT2D eigenvalue weighted by atomic mass is 79.9. The zero-order valence-electron chi connectivity index (χ0n) is 11.5. The fraction of sp³-hybridized carbons (Fsp3) is 0.235. The first-order valence-electron chi connectivity index (χ1n) is 7.07. The predicted molar refractivity (Wildman–Crippen MR) is 92.0 cm³/mol. The highest BCUT2D eigenvalue weighted by molar-refractivity contribution is 9.10. The van der Waals surface area contributed by atoms with Crippen LogP contribution in [0.5, 0.6) is 0 Å². The summed E-state index contributed by atoms with van der Waals surface area (Å²) in [5, 5.41) is 4.67. The van der Waals surface area contributed by atoms with Gasteiger partial charge in [0.25, 0.3) is 0 Å². The number of benzene rings is 2. The van der Waals surface area contributed by atoms with Gasteiger partial charge in [-0.2, -0.15) is 0 Å². The van der Waals surface area contributed by atoms with Crippen molar-refractivity contribution >= 4 is 37.5 Å². The van der Waals surface area contributed by atoms with Crippen molar-refractivity contribution < 1.29 is 0 Å². The van der Waals surface area contributed by atoms with E-state index in [-0.39, 0.29) is 5.41 Å². The van der Waals surface area contributed by atoms with Gasteiger partial charge in [0.2, 0.25) is 0 Å². The molecule has 0 radical (unpaired) electrons. The van der Waals surface area contributed by atoms with Crippen molar-refractivity contribution in [3.8, 4) is 0 Å². The molecule has 1 fully saturated rings. The molecule has 1 aliphatic heterocycles. The summed E-state index contributed by atoms with van der Waals surface area (Å²) >= 11 is 5.53. The Labute approximate surface area is 136 Å². The summed E-state index contributed by atoms with van der Waals surface area (Å²) in [6.07, 6.45) is 1.00. The second-order valence-electron chi connectivity index (χ2n) is 5.62. The molecular weight excluding hydrogens is 344 g/mol. The number of hydrogen-bond acceptors (Lipinski definition) is 3. The average Bonchev–Trinajstić information content (AvgIpc) is 2.86. The third-order valence-corrected chi connectivity index (χ3v) is 5.93. The van der Waals surface area contributed by atoms with E-state index in [4.69, 9.17) is 4.98 Å². The van der Waals surface area contributed by atoms with Crippen LogP contribution in [-0.4, -0.2) is 18.1 Å². The van der Waals surface area contributed by atoms with E-state index < -0.39 is 0 Å². The molecule has 1 N–H and O–H groups in total. The van der Waals surface area contributed by atoms with Crippen LogP contribution in [0.4, 0.5) is 0 Å². The molecule has 0 spiro atoms. The molecule has 2 aromatic carbocycles. The van der Waals surface area contributed by atoms with Gasteiger partial charge in [0.15, 0.2) is 0 Å². The van der Waals surface area contributed by atoms with Crippen LogP contribution in [0.15, 0.2) is 53.0 Å². The van der Waals surface area contributed by atoms with E-state index in [0.717, 1.165) is 25.0 Å². The molecule has 2 nitrogen and oxygen atoms in total. The van der Waals surface area contributed by atoms with Crippen LogP contribution in [0.25, 0.3) is 10.2 Å². The molecule has 4 heteroatoms. The van der Waals surface area contributed by atoms with Gasteiger partial charge in [0.1, 0.15) is 0 Å². The lowest BCUT2D eigenvalue weighted by Gasteiger charge is -2.43. The molecule has 0 aliphatic carbocycles. The topological polar surface area (TPSA) is 24.9 Å². The average molecular weight is 359 g/mol. The van der Waals surface area contributed by atoms with Gasteiger partial charge in [-0.3, -0.25) is 0 Å². The van der Waals surface area contributed by atoms with Gasteiger partial charge in [0, 0.05) is 29.4 Å². The van der Waals surface area contributed by atoms with Gasteiger partial charge >= 0.3 is 0 Å². The van der Waals surface area contributed by atoms with Gasteiger partial charge in [-0.25, -0.2) is 4.98 Å². The van der Waals surface area contributed by atoms with Crippen LogP contribution in [0.2, 0.25) is 0 Å². The summed E-state index contributed by atoms with van der Waals surface area (Å²) in [5.41, 5.74) is 2.68. The van der Waals surface area contributed by atoms with Gasteiger partial charge in [-0.1, -0.05) is 46.3 Å². The smallest absolute Gasteiger partial charge is 0.0948 e. The molecule has 0 saturated carbocycles. The van der Waals surface area contributed by atoms with E-state index in [2.05, 4.69) is 69.8 Å². The Balaban J connectivity index is 1.72. The van der Waals surface area contributed by atoms with Crippen molar-refractivity contribution in [1.29, 1.82) is 0 Å². The number of para-hydroxylation sites is 1. The Morgan fingerprint density at radius 2 is 1.86 bits per heavy atom. The third-order valence-electron chi connectivity index (χ3n) is 4.20. The molecule has 0 amide bonds. The maximum Gasteiger partial charge on any atom is 0.0948 e. The van der Waals surface area contributed by atoms with Gasteiger partial charge in [-0.05, 0) is 23.8 Å². The highest BCUT2D eigenvalue weighted by Crippen LogP contribution is 2.38. The fourth-order valence-corrected chi connectivity index (χ4v) is 4.83. The summed E-state index contributed by atoms with van der Waals surface area (Å²) in [6, 6.07) is 17.0. The van der Waals surface area contributed by atoms with Crippen molar-refractivity contribution in [2.24, 2.45) is 0 Å². The third kappa shape index (κ3) is 2.31. The Kier molecular flexibility index (Phi) is 3.32. The quantitative estimate of drug-likeness (QED) is 0.760. The molecule has 0 bridgehead atoms. The van der Waals surface area contributed by atoms with E-state index in [9.17, 15) is 0 Å². The maximum absolute atomic E-state index is 4.81. The summed E-state index contributed by atoms with van der Waals surface area (Å²) in [6.45, 7) is 2.04. The van der Waals surface area contributed by atoms with Crippen molar-refractivity contribution in [2.75, 3.05) is 13.1 Å². The van der Waals surface area contributed by atoms with Gasteiger partial charge < -0.3 is 5.32 Å². The van der Waals surface area contributed by atoms with Crippen LogP contribution >= 0.6 is 27.3 Å². The summed E-state index contributed by atoms with van der Waals surface area (Å²) in [7, 11) is 0. The molecule has 0 atom stereocenters. The van der Waals surface area contributed by atoms with Gasteiger partial charge in [0.05, 0.1) is 15.2 Å². The predicted octanol–water partition coefficient (Wildman–Crippen LogP) is 4.14. The van der Waals surface area contributed by atoms with Gasteiger partial charge in [-0.15, -0.1) is 11.3 Å². The lowest BCUT2D eigenvalue weighted by Crippen LogP contribution is -2.58. The number of nitrogens with zero attached hydrogens (tertiary/aromatic N) is 1. The number of thiazole rings is 1. The molecule has 106 valence electrons. The second-order valence-corrected chi connectivity index (χ2v) is 7.59. The molecule has 21 heavy (non-hydrogen) atoms. The molecule has 1 aromatic heterocycles. The van der Waals surface area contributed by atoms with E-state index in [1.807, 2.05) is 11.3 Å². The zero-order chi connectivity index (χ0) is 14.3. The molecule has 1 aliphatic rings. The molecule has 2 heterocycles. The Morgan fingerprint density at radius 1 is 1.10 bits per heavy atom. The number of rotatable bonds is 3. The summed E-state index contributed by atoms with van der Waals surface area (Å²) in [5.74, 6) is 0. The molecule has 4 rings (SSSR count). The van der Waals surface area contributed by atoms with Crippen molar-refractivity contribution in [3.63, 3.8) is 0 Å². The van der Waals surface area contributed by atoms with Crippen LogP contribution in [0.3, 0.4) is 0 Å². The minimum absolute atomic E-state index is 0.175. The zero-order valence-corrected chi connectivity index (χ0v) is 13.9. The number of nitrogens with one attached hydrogen (secondary N) is 1. The minimum Gasteiger partial charge on any atom is -0.315 e. The minimum atomic E-state index is 0.175.